The first-order valence-electron chi connectivity index (χ1n) is 6.36. The summed E-state index contributed by atoms with van der Waals surface area (Å²) in [6, 6.07) is 0.634. The van der Waals surface area contributed by atoms with E-state index in [9.17, 15) is 0 Å². The zero-order chi connectivity index (χ0) is 12.3. The molecule has 0 aliphatic carbocycles. The van der Waals surface area contributed by atoms with Crippen LogP contribution in [-0.2, 0) is 6.42 Å². The lowest BCUT2D eigenvalue weighted by Gasteiger charge is -2.35. The minimum atomic E-state index is 0.564. The van der Waals surface area contributed by atoms with Crippen molar-refractivity contribution in [3.8, 4) is 0 Å². The zero-order valence-electron chi connectivity index (χ0n) is 10.6. The van der Waals surface area contributed by atoms with Crippen LogP contribution in [0.4, 0.5) is 0 Å². The normalized spacial score (nSPS) is 22.0. The van der Waals surface area contributed by atoms with Crippen LogP contribution >= 0.6 is 11.6 Å². The van der Waals surface area contributed by atoms with Gasteiger partial charge in [0.2, 0.25) is 0 Å². The first-order valence-corrected chi connectivity index (χ1v) is 6.74. The third-order valence-corrected chi connectivity index (χ3v) is 3.80. The predicted molar refractivity (Wildman–Crippen MR) is 70.2 cm³/mol. The van der Waals surface area contributed by atoms with Crippen LogP contribution in [0, 0.1) is 5.92 Å². The molecule has 1 aromatic rings. The smallest absolute Gasteiger partial charge is 0.150 e. The van der Waals surface area contributed by atoms with Crippen LogP contribution < -0.4 is 0 Å². The highest BCUT2D eigenvalue weighted by molar-refractivity contribution is 6.29. The lowest BCUT2D eigenvalue weighted by atomic mass is 9.93. The summed E-state index contributed by atoms with van der Waals surface area (Å²) in [6.07, 6.45) is 6.88. The molecule has 4 heteroatoms. The van der Waals surface area contributed by atoms with Crippen molar-refractivity contribution in [2.24, 2.45) is 5.92 Å². The second kappa shape index (κ2) is 5.78. The number of hydrogen-bond acceptors (Lipinski definition) is 3. The van der Waals surface area contributed by atoms with E-state index in [1.165, 1.54) is 19.4 Å². The second-order valence-corrected chi connectivity index (χ2v) is 5.45. The van der Waals surface area contributed by atoms with Gasteiger partial charge < -0.3 is 4.90 Å². The summed E-state index contributed by atoms with van der Waals surface area (Å²) in [7, 11) is 0. The highest BCUT2D eigenvalue weighted by Gasteiger charge is 2.22. The van der Waals surface area contributed by atoms with E-state index in [2.05, 4.69) is 28.7 Å². The molecule has 0 unspecified atom stereocenters. The molecule has 1 aliphatic rings. The number of piperidine rings is 1. The van der Waals surface area contributed by atoms with Gasteiger partial charge in [-0.05, 0) is 45.6 Å². The molecule has 17 heavy (non-hydrogen) atoms. The Morgan fingerprint density at radius 1 is 1.41 bits per heavy atom. The van der Waals surface area contributed by atoms with E-state index in [1.54, 1.807) is 12.4 Å². The summed E-state index contributed by atoms with van der Waals surface area (Å²) >= 11 is 6.06. The van der Waals surface area contributed by atoms with E-state index in [-0.39, 0.29) is 0 Å². The molecule has 0 amide bonds. The Labute approximate surface area is 108 Å². The van der Waals surface area contributed by atoms with Crippen molar-refractivity contribution in [3.05, 3.63) is 23.2 Å². The van der Waals surface area contributed by atoms with E-state index in [1.807, 2.05) is 0 Å². The predicted octanol–water partition coefficient (Wildman–Crippen LogP) is 2.79. The van der Waals surface area contributed by atoms with Crippen LogP contribution in [0.25, 0.3) is 0 Å². The average Bonchev–Trinajstić information content (AvgIpc) is 2.32. The molecule has 0 saturated carbocycles. The molecule has 94 valence electrons. The average molecular weight is 254 g/mol. The third-order valence-electron chi connectivity index (χ3n) is 3.49. The van der Waals surface area contributed by atoms with Crippen LogP contribution in [0.15, 0.2) is 12.4 Å². The molecule has 0 N–H and O–H groups in total. The van der Waals surface area contributed by atoms with Gasteiger partial charge in [0.25, 0.3) is 0 Å². The van der Waals surface area contributed by atoms with Crippen LogP contribution in [0.5, 0.6) is 0 Å². The van der Waals surface area contributed by atoms with Gasteiger partial charge >= 0.3 is 0 Å². The van der Waals surface area contributed by atoms with Crippen LogP contribution in [0.2, 0.25) is 5.15 Å². The van der Waals surface area contributed by atoms with Gasteiger partial charge in [0.15, 0.2) is 0 Å². The van der Waals surface area contributed by atoms with Gasteiger partial charge in [-0.25, -0.2) is 4.98 Å². The lowest BCUT2D eigenvalue weighted by Crippen LogP contribution is -2.40. The summed E-state index contributed by atoms with van der Waals surface area (Å²) in [5.41, 5.74) is 0.949. The Hall–Kier alpha value is -0.670. The van der Waals surface area contributed by atoms with E-state index in [4.69, 9.17) is 11.6 Å². The Morgan fingerprint density at radius 2 is 2.18 bits per heavy atom. The summed E-state index contributed by atoms with van der Waals surface area (Å²) < 4.78 is 0. The first kappa shape index (κ1) is 12.8. The maximum absolute atomic E-state index is 6.06. The molecule has 1 aromatic heterocycles. The SMILES string of the molecule is CC(C)N1CCC[C@@H](Cc2nccnc2Cl)C1. The van der Waals surface area contributed by atoms with Gasteiger partial charge in [0.05, 0.1) is 5.69 Å². The largest absolute Gasteiger partial charge is 0.301 e. The lowest BCUT2D eigenvalue weighted by molar-refractivity contribution is 0.139. The zero-order valence-corrected chi connectivity index (χ0v) is 11.3. The van der Waals surface area contributed by atoms with Crippen molar-refractivity contribution < 1.29 is 0 Å². The molecular formula is C13H20ClN3. The summed E-state index contributed by atoms with van der Waals surface area (Å²) in [4.78, 5) is 11.0. The Bertz CT molecular complexity index is 367. The van der Waals surface area contributed by atoms with Gasteiger partial charge in [-0.3, -0.25) is 4.98 Å². The number of rotatable bonds is 3. The summed E-state index contributed by atoms with van der Waals surface area (Å²) in [5.74, 6) is 0.667. The van der Waals surface area contributed by atoms with Crippen molar-refractivity contribution in [1.29, 1.82) is 0 Å². The topological polar surface area (TPSA) is 29.0 Å². The van der Waals surface area contributed by atoms with Gasteiger partial charge in [-0.2, -0.15) is 0 Å². The van der Waals surface area contributed by atoms with Crippen LogP contribution in [0.3, 0.4) is 0 Å². The number of likely N-dealkylation sites (tertiary alicyclic amines) is 1. The maximum Gasteiger partial charge on any atom is 0.150 e. The summed E-state index contributed by atoms with van der Waals surface area (Å²) in [6.45, 7) is 6.91. The minimum absolute atomic E-state index is 0.564. The third kappa shape index (κ3) is 3.39. The van der Waals surface area contributed by atoms with Gasteiger partial charge in [0.1, 0.15) is 5.15 Å². The fourth-order valence-corrected chi connectivity index (χ4v) is 2.68. The minimum Gasteiger partial charge on any atom is -0.301 e. The number of aromatic nitrogens is 2. The molecule has 0 radical (unpaired) electrons. The monoisotopic (exact) mass is 253 g/mol. The molecular weight excluding hydrogens is 234 g/mol. The van der Waals surface area contributed by atoms with Gasteiger partial charge in [-0.1, -0.05) is 11.6 Å². The molecule has 1 atom stereocenters. The van der Waals surface area contributed by atoms with Gasteiger partial charge in [0, 0.05) is 25.0 Å². The van der Waals surface area contributed by atoms with E-state index >= 15 is 0 Å². The molecule has 0 bridgehead atoms. The Morgan fingerprint density at radius 3 is 2.88 bits per heavy atom. The van der Waals surface area contributed by atoms with E-state index in [0.29, 0.717) is 17.1 Å². The van der Waals surface area contributed by atoms with Crippen molar-refractivity contribution >= 4 is 11.6 Å². The van der Waals surface area contributed by atoms with Crippen LogP contribution in [0.1, 0.15) is 32.4 Å². The number of nitrogens with zero attached hydrogens (tertiary/aromatic N) is 3. The molecule has 2 rings (SSSR count). The standard InChI is InChI=1S/C13H20ClN3/c1-10(2)17-7-3-4-11(9-17)8-12-13(14)16-6-5-15-12/h5-6,10-11H,3-4,7-9H2,1-2H3/t11-/m0/s1. The maximum atomic E-state index is 6.06. The first-order chi connectivity index (χ1) is 8.16. The number of halogens is 1. The molecule has 1 fully saturated rings. The quantitative estimate of drug-likeness (QED) is 0.830. The molecule has 0 spiro atoms. The van der Waals surface area contributed by atoms with E-state index in [0.717, 1.165) is 18.7 Å². The fraction of sp³-hybridized carbons (Fsp3) is 0.692. The molecule has 2 heterocycles. The molecule has 1 saturated heterocycles. The second-order valence-electron chi connectivity index (χ2n) is 5.09. The van der Waals surface area contributed by atoms with Gasteiger partial charge in [-0.15, -0.1) is 0 Å². The fourth-order valence-electron chi connectivity index (χ4n) is 2.49. The molecule has 1 aliphatic heterocycles. The van der Waals surface area contributed by atoms with Crippen molar-refractivity contribution in [3.63, 3.8) is 0 Å². The van der Waals surface area contributed by atoms with Crippen LogP contribution in [-0.4, -0.2) is 34.0 Å². The number of hydrogen-bond donors (Lipinski definition) is 0. The van der Waals surface area contributed by atoms with E-state index < -0.39 is 0 Å². The Kier molecular flexibility index (Phi) is 4.35. The Balaban J connectivity index is 1.97. The molecule has 0 aromatic carbocycles. The van der Waals surface area contributed by atoms with Crippen molar-refractivity contribution in [1.82, 2.24) is 14.9 Å². The molecule has 3 nitrogen and oxygen atoms in total. The highest BCUT2D eigenvalue weighted by Crippen LogP contribution is 2.23. The van der Waals surface area contributed by atoms with Crippen molar-refractivity contribution in [2.45, 2.75) is 39.2 Å². The highest BCUT2D eigenvalue weighted by atomic mass is 35.5. The summed E-state index contributed by atoms with van der Waals surface area (Å²) in [5, 5.41) is 0.564. The van der Waals surface area contributed by atoms with Crippen molar-refractivity contribution in [2.75, 3.05) is 13.1 Å².